The van der Waals surface area contributed by atoms with Crippen molar-refractivity contribution in [3.8, 4) is 0 Å². The van der Waals surface area contributed by atoms with E-state index in [1.807, 2.05) is 0 Å². The number of rotatable bonds is 4. The molecule has 0 bridgehead atoms. The quantitative estimate of drug-likeness (QED) is 0.921. The number of hydrogen-bond donors (Lipinski definition) is 1. The molecule has 128 valence electrons. The van der Waals surface area contributed by atoms with Crippen molar-refractivity contribution in [3.63, 3.8) is 0 Å². The predicted octanol–water partition coefficient (Wildman–Crippen LogP) is 3.03. The molecule has 3 heteroatoms. The minimum Gasteiger partial charge on any atom is -0.314 e. The molecule has 3 rings (SSSR count). The summed E-state index contributed by atoms with van der Waals surface area (Å²) in [4.78, 5) is 5.34. The first-order chi connectivity index (χ1) is 11.0. The molecule has 0 saturated carbocycles. The predicted molar refractivity (Wildman–Crippen MR) is 98.0 cm³/mol. The van der Waals surface area contributed by atoms with E-state index in [1.165, 1.54) is 56.7 Å². The molecule has 3 nitrogen and oxygen atoms in total. The van der Waals surface area contributed by atoms with Gasteiger partial charge in [0.1, 0.15) is 0 Å². The van der Waals surface area contributed by atoms with Gasteiger partial charge in [-0.1, -0.05) is 45.0 Å². The van der Waals surface area contributed by atoms with Crippen molar-refractivity contribution in [1.29, 1.82) is 0 Å². The molecule has 1 N–H and O–H groups in total. The fraction of sp³-hybridized carbons (Fsp3) is 0.700. The van der Waals surface area contributed by atoms with Crippen LogP contribution in [-0.2, 0) is 5.41 Å². The Balaban J connectivity index is 1.78. The lowest BCUT2D eigenvalue weighted by molar-refractivity contribution is 0.135. The van der Waals surface area contributed by atoms with Crippen LogP contribution in [0.4, 0.5) is 0 Å². The molecular weight excluding hydrogens is 282 g/mol. The fourth-order valence-electron chi connectivity index (χ4n) is 3.84. The van der Waals surface area contributed by atoms with E-state index in [0.29, 0.717) is 6.04 Å². The molecule has 0 aromatic heterocycles. The van der Waals surface area contributed by atoms with Gasteiger partial charge in [0, 0.05) is 38.8 Å². The average molecular weight is 316 g/mol. The van der Waals surface area contributed by atoms with Gasteiger partial charge in [0.2, 0.25) is 0 Å². The molecule has 1 atom stereocenters. The van der Waals surface area contributed by atoms with E-state index in [0.717, 1.165) is 13.1 Å². The number of likely N-dealkylation sites (tertiary alicyclic amines) is 1. The van der Waals surface area contributed by atoms with Gasteiger partial charge in [-0.25, -0.2) is 0 Å². The van der Waals surface area contributed by atoms with Crippen LogP contribution in [0.3, 0.4) is 0 Å². The Morgan fingerprint density at radius 3 is 2.13 bits per heavy atom. The lowest BCUT2D eigenvalue weighted by atomic mass is 9.86. The minimum atomic E-state index is 0.234. The highest BCUT2D eigenvalue weighted by Crippen LogP contribution is 2.28. The largest absolute Gasteiger partial charge is 0.314 e. The van der Waals surface area contributed by atoms with Crippen LogP contribution in [0.2, 0.25) is 0 Å². The summed E-state index contributed by atoms with van der Waals surface area (Å²) >= 11 is 0. The zero-order valence-electron chi connectivity index (χ0n) is 15.1. The Morgan fingerprint density at radius 2 is 1.57 bits per heavy atom. The summed E-state index contributed by atoms with van der Waals surface area (Å²) in [6.45, 7) is 15.2. The second-order valence-corrected chi connectivity index (χ2v) is 8.18. The number of nitrogens with zero attached hydrogens (tertiary/aromatic N) is 2. The number of benzene rings is 1. The van der Waals surface area contributed by atoms with Crippen molar-refractivity contribution in [2.75, 3.05) is 45.8 Å². The van der Waals surface area contributed by atoms with E-state index in [2.05, 4.69) is 60.2 Å². The van der Waals surface area contributed by atoms with Gasteiger partial charge in [0.05, 0.1) is 0 Å². The topological polar surface area (TPSA) is 18.5 Å². The second kappa shape index (κ2) is 7.33. The van der Waals surface area contributed by atoms with E-state index in [1.54, 1.807) is 0 Å². The molecule has 1 aromatic carbocycles. The summed E-state index contributed by atoms with van der Waals surface area (Å²) in [5, 5.41) is 3.49. The molecule has 0 amide bonds. The van der Waals surface area contributed by atoms with E-state index in [-0.39, 0.29) is 5.41 Å². The van der Waals surface area contributed by atoms with Gasteiger partial charge in [0.15, 0.2) is 0 Å². The summed E-state index contributed by atoms with van der Waals surface area (Å²) < 4.78 is 0. The van der Waals surface area contributed by atoms with Crippen molar-refractivity contribution in [1.82, 2.24) is 15.1 Å². The molecule has 2 saturated heterocycles. The molecule has 0 aliphatic carbocycles. The zero-order valence-corrected chi connectivity index (χ0v) is 15.1. The fourth-order valence-corrected chi connectivity index (χ4v) is 3.84. The molecular formula is C20H33N3. The van der Waals surface area contributed by atoms with Crippen LogP contribution in [0.25, 0.3) is 0 Å². The monoisotopic (exact) mass is 315 g/mol. The number of nitrogens with one attached hydrogen (secondary N) is 1. The van der Waals surface area contributed by atoms with E-state index >= 15 is 0 Å². The third-order valence-electron chi connectivity index (χ3n) is 5.38. The third kappa shape index (κ3) is 4.34. The van der Waals surface area contributed by atoms with Gasteiger partial charge in [0.25, 0.3) is 0 Å². The highest BCUT2D eigenvalue weighted by Gasteiger charge is 2.26. The Kier molecular flexibility index (Phi) is 5.40. The second-order valence-electron chi connectivity index (χ2n) is 8.18. The van der Waals surface area contributed by atoms with Gasteiger partial charge >= 0.3 is 0 Å². The Hall–Kier alpha value is -0.900. The first-order valence-electron chi connectivity index (χ1n) is 9.31. The zero-order chi connectivity index (χ0) is 16.3. The maximum atomic E-state index is 3.49. The van der Waals surface area contributed by atoms with Crippen LogP contribution in [0.5, 0.6) is 0 Å². The lowest BCUT2D eigenvalue weighted by Crippen LogP contribution is -2.47. The van der Waals surface area contributed by atoms with Crippen LogP contribution in [0, 0.1) is 0 Å². The highest BCUT2D eigenvalue weighted by molar-refractivity contribution is 5.29. The smallest absolute Gasteiger partial charge is 0.0476 e. The maximum absolute atomic E-state index is 3.49. The average Bonchev–Trinajstić information content (AvgIpc) is 3.06. The van der Waals surface area contributed by atoms with Crippen LogP contribution in [0.1, 0.15) is 50.8 Å². The summed E-state index contributed by atoms with van der Waals surface area (Å²) in [7, 11) is 0. The van der Waals surface area contributed by atoms with Crippen LogP contribution >= 0.6 is 0 Å². The minimum absolute atomic E-state index is 0.234. The summed E-state index contributed by atoms with van der Waals surface area (Å²) in [5.41, 5.74) is 3.16. The van der Waals surface area contributed by atoms with Gasteiger partial charge < -0.3 is 10.2 Å². The normalized spacial score (nSPS) is 22.4. The SMILES string of the molecule is CC(C)(C)c1ccc(C(CN2CCCC2)N2CCNCC2)cc1. The first kappa shape index (κ1) is 16.9. The molecule has 2 aliphatic rings. The maximum Gasteiger partial charge on any atom is 0.0476 e. The number of hydrogen-bond acceptors (Lipinski definition) is 3. The van der Waals surface area contributed by atoms with E-state index in [4.69, 9.17) is 0 Å². The van der Waals surface area contributed by atoms with E-state index < -0.39 is 0 Å². The molecule has 2 aliphatic heterocycles. The van der Waals surface area contributed by atoms with Crippen molar-refractivity contribution < 1.29 is 0 Å². The standard InChI is InChI=1S/C20H33N3/c1-20(2,3)18-8-6-17(7-9-18)19(16-22-12-4-5-13-22)23-14-10-21-11-15-23/h6-9,19,21H,4-5,10-16H2,1-3H3. The molecule has 2 fully saturated rings. The molecule has 1 aromatic rings. The summed E-state index contributed by atoms with van der Waals surface area (Å²) in [6.07, 6.45) is 2.74. The molecule has 1 unspecified atom stereocenters. The molecule has 23 heavy (non-hydrogen) atoms. The summed E-state index contributed by atoms with van der Waals surface area (Å²) in [6, 6.07) is 9.99. The Bertz CT molecular complexity index is 477. The first-order valence-corrected chi connectivity index (χ1v) is 9.31. The lowest BCUT2D eigenvalue weighted by Gasteiger charge is -2.37. The van der Waals surface area contributed by atoms with Crippen molar-refractivity contribution in [3.05, 3.63) is 35.4 Å². The van der Waals surface area contributed by atoms with Crippen molar-refractivity contribution in [2.24, 2.45) is 0 Å². The van der Waals surface area contributed by atoms with Crippen LogP contribution < -0.4 is 5.32 Å². The summed E-state index contributed by atoms with van der Waals surface area (Å²) in [5.74, 6) is 0. The molecule has 2 heterocycles. The van der Waals surface area contributed by atoms with Gasteiger partial charge in [-0.2, -0.15) is 0 Å². The molecule has 0 radical (unpaired) electrons. The van der Waals surface area contributed by atoms with Crippen molar-refractivity contribution in [2.45, 2.75) is 45.1 Å². The highest BCUT2D eigenvalue weighted by atomic mass is 15.3. The van der Waals surface area contributed by atoms with Crippen LogP contribution in [0.15, 0.2) is 24.3 Å². The Labute approximate surface area is 142 Å². The van der Waals surface area contributed by atoms with E-state index in [9.17, 15) is 0 Å². The molecule has 0 spiro atoms. The van der Waals surface area contributed by atoms with Gasteiger partial charge in [-0.15, -0.1) is 0 Å². The van der Waals surface area contributed by atoms with Crippen molar-refractivity contribution >= 4 is 0 Å². The third-order valence-corrected chi connectivity index (χ3v) is 5.38. The van der Waals surface area contributed by atoms with Gasteiger partial charge in [-0.05, 0) is 42.5 Å². The number of piperazine rings is 1. The van der Waals surface area contributed by atoms with Crippen LogP contribution in [-0.4, -0.2) is 55.6 Å². The van der Waals surface area contributed by atoms with Gasteiger partial charge in [-0.3, -0.25) is 4.90 Å². The Morgan fingerprint density at radius 1 is 0.957 bits per heavy atom.